The molecule has 0 fully saturated rings. The molecule has 0 spiro atoms. The lowest BCUT2D eigenvalue weighted by Gasteiger charge is -2.19. The zero-order valence-electron chi connectivity index (χ0n) is 17.5. The van der Waals surface area contributed by atoms with Gasteiger partial charge in [-0.1, -0.05) is 30.3 Å². The molecule has 0 atom stereocenters. The second kappa shape index (κ2) is 8.75. The first-order valence-electron chi connectivity index (χ1n) is 9.71. The summed E-state index contributed by atoms with van der Waals surface area (Å²) < 4.78 is 16.3. The van der Waals surface area contributed by atoms with Crippen LogP contribution in [0.2, 0.25) is 0 Å². The number of benzene rings is 3. The van der Waals surface area contributed by atoms with Crippen LogP contribution in [0.4, 0.5) is 5.69 Å². The third-order valence-electron chi connectivity index (χ3n) is 4.96. The lowest BCUT2D eigenvalue weighted by atomic mass is 10.1. The summed E-state index contributed by atoms with van der Waals surface area (Å²) in [4.78, 5) is 19.8. The Bertz CT molecular complexity index is 1170. The molecular weight excluding hydrogens is 392 g/mol. The van der Waals surface area contributed by atoms with Gasteiger partial charge in [-0.15, -0.1) is 0 Å². The van der Waals surface area contributed by atoms with Crippen molar-refractivity contribution in [1.82, 2.24) is 0 Å². The molecule has 0 saturated carbocycles. The quantitative estimate of drug-likeness (QED) is 0.556. The van der Waals surface area contributed by atoms with E-state index in [0.29, 0.717) is 28.8 Å². The Morgan fingerprint density at radius 2 is 1.52 bits per heavy atom. The second-order valence-corrected chi connectivity index (χ2v) is 6.75. The van der Waals surface area contributed by atoms with Crippen molar-refractivity contribution in [2.24, 2.45) is 4.99 Å². The third-order valence-corrected chi connectivity index (χ3v) is 4.96. The molecule has 0 saturated heterocycles. The van der Waals surface area contributed by atoms with E-state index in [0.717, 1.165) is 16.8 Å². The number of nitrogens with zero attached hydrogens (tertiary/aromatic N) is 2. The number of carbonyl (C=O) groups excluding carboxylic acids is 1. The maximum atomic E-state index is 13.5. The smallest absolute Gasteiger partial charge is 0.282 e. The van der Waals surface area contributed by atoms with E-state index in [9.17, 15) is 4.79 Å². The van der Waals surface area contributed by atoms with Crippen LogP contribution < -0.4 is 19.1 Å². The highest BCUT2D eigenvalue weighted by molar-refractivity contribution is 6.33. The number of ether oxygens (including phenoxy) is 3. The minimum atomic E-state index is -0.232. The van der Waals surface area contributed by atoms with Gasteiger partial charge in [-0.25, -0.2) is 4.99 Å². The van der Waals surface area contributed by atoms with Gasteiger partial charge < -0.3 is 14.2 Å². The highest BCUT2D eigenvalue weighted by Gasteiger charge is 2.33. The molecule has 0 radical (unpaired) electrons. The Kier molecular flexibility index (Phi) is 5.71. The summed E-state index contributed by atoms with van der Waals surface area (Å²) in [5.74, 6) is 2.17. The second-order valence-electron chi connectivity index (χ2n) is 6.75. The monoisotopic (exact) mass is 414 g/mol. The molecule has 6 heteroatoms. The minimum absolute atomic E-state index is 0.232. The highest BCUT2D eigenvalue weighted by atomic mass is 16.5. The maximum absolute atomic E-state index is 13.5. The van der Waals surface area contributed by atoms with E-state index in [4.69, 9.17) is 19.2 Å². The molecule has 1 amide bonds. The summed E-state index contributed by atoms with van der Waals surface area (Å²) in [7, 11) is 4.77. The largest absolute Gasteiger partial charge is 0.497 e. The number of anilines is 1. The molecule has 3 aromatic rings. The molecule has 0 aromatic heterocycles. The fraction of sp³-hybridized carbons (Fsp3) is 0.120. The Morgan fingerprint density at radius 1 is 0.806 bits per heavy atom. The van der Waals surface area contributed by atoms with Crippen molar-refractivity contribution >= 4 is 23.5 Å². The Morgan fingerprint density at radius 3 is 2.23 bits per heavy atom. The molecule has 3 aromatic carbocycles. The fourth-order valence-electron chi connectivity index (χ4n) is 3.43. The number of hydrogen-bond donors (Lipinski definition) is 0. The molecule has 4 rings (SSSR count). The first-order chi connectivity index (χ1) is 15.2. The number of hydrogen-bond acceptors (Lipinski definition) is 5. The van der Waals surface area contributed by atoms with Gasteiger partial charge in [0.15, 0.2) is 5.84 Å². The van der Waals surface area contributed by atoms with Crippen LogP contribution in [0.1, 0.15) is 11.1 Å². The van der Waals surface area contributed by atoms with Gasteiger partial charge in [-0.05, 0) is 42.5 Å². The molecule has 156 valence electrons. The number of rotatable bonds is 6. The zero-order valence-corrected chi connectivity index (χ0v) is 17.5. The van der Waals surface area contributed by atoms with Crippen molar-refractivity contribution < 1.29 is 19.0 Å². The van der Waals surface area contributed by atoms with E-state index in [-0.39, 0.29) is 5.91 Å². The molecule has 0 unspecified atom stereocenters. The summed E-state index contributed by atoms with van der Waals surface area (Å²) in [5.41, 5.74) is 2.48. The normalized spacial score (nSPS) is 14.5. The van der Waals surface area contributed by atoms with Crippen molar-refractivity contribution in [2.45, 2.75) is 0 Å². The van der Waals surface area contributed by atoms with Crippen LogP contribution in [-0.2, 0) is 4.79 Å². The standard InChI is InChI=1S/C25H22N2O4/c1-29-19-14-13-17(23(16-19)31-3)15-21-25(28)27(18-9-5-4-6-10-18)24(26-21)20-11-7-8-12-22(20)30-2/h4-16H,1-3H3/b21-15-. The number of methoxy groups -OCH3 is 3. The minimum Gasteiger partial charge on any atom is -0.497 e. The molecule has 31 heavy (non-hydrogen) atoms. The number of aliphatic imine (C=N–C) groups is 1. The highest BCUT2D eigenvalue weighted by Crippen LogP contribution is 2.33. The molecule has 1 aliphatic heterocycles. The van der Waals surface area contributed by atoms with Crippen molar-refractivity contribution in [1.29, 1.82) is 0 Å². The van der Waals surface area contributed by atoms with E-state index in [1.54, 1.807) is 38.4 Å². The Hall–Kier alpha value is -4.06. The average molecular weight is 414 g/mol. The van der Waals surface area contributed by atoms with Crippen LogP contribution in [-0.4, -0.2) is 33.1 Å². The van der Waals surface area contributed by atoms with E-state index in [2.05, 4.69) is 0 Å². The Labute approximate surface area is 181 Å². The van der Waals surface area contributed by atoms with Gasteiger partial charge in [-0.3, -0.25) is 9.69 Å². The lowest BCUT2D eigenvalue weighted by molar-refractivity contribution is -0.113. The van der Waals surface area contributed by atoms with Gasteiger partial charge in [-0.2, -0.15) is 0 Å². The topological polar surface area (TPSA) is 60.4 Å². The molecule has 6 nitrogen and oxygen atoms in total. The molecular formula is C25H22N2O4. The number of carbonyl (C=O) groups is 1. The van der Waals surface area contributed by atoms with Crippen LogP contribution in [0.3, 0.4) is 0 Å². The van der Waals surface area contributed by atoms with Crippen LogP contribution in [0, 0.1) is 0 Å². The SMILES string of the molecule is COc1ccc(/C=C2\N=C(c3ccccc3OC)N(c3ccccc3)C2=O)c(OC)c1. The summed E-state index contributed by atoms with van der Waals surface area (Å²) in [5, 5.41) is 0. The number of amides is 1. The van der Waals surface area contributed by atoms with E-state index < -0.39 is 0 Å². The van der Waals surface area contributed by atoms with E-state index in [1.807, 2.05) is 66.7 Å². The number of para-hydroxylation sites is 2. The molecule has 0 N–H and O–H groups in total. The van der Waals surface area contributed by atoms with Crippen molar-refractivity contribution in [2.75, 3.05) is 26.2 Å². The van der Waals surface area contributed by atoms with Crippen LogP contribution in [0.5, 0.6) is 17.2 Å². The van der Waals surface area contributed by atoms with Gasteiger partial charge in [0.05, 0.1) is 32.6 Å². The van der Waals surface area contributed by atoms with Gasteiger partial charge in [0, 0.05) is 11.6 Å². The van der Waals surface area contributed by atoms with Gasteiger partial charge in [0.1, 0.15) is 22.9 Å². The van der Waals surface area contributed by atoms with Crippen LogP contribution in [0.25, 0.3) is 6.08 Å². The van der Waals surface area contributed by atoms with Crippen LogP contribution in [0.15, 0.2) is 83.5 Å². The number of amidine groups is 1. The summed E-state index contributed by atoms with van der Waals surface area (Å²) in [6.45, 7) is 0. The molecule has 1 heterocycles. The first kappa shape index (κ1) is 20.2. The zero-order chi connectivity index (χ0) is 21.8. The van der Waals surface area contributed by atoms with E-state index >= 15 is 0 Å². The first-order valence-corrected chi connectivity index (χ1v) is 9.71. The fourth-order valence-corrected chi connectivity index (χ4v) is 3.43. The van der Waals surface area contributed by atoms with Gasteiger partial charge >= 0.3 is 0 Å². The molecule has 0 aliphatic carbocycles. The molecule has 1 aliphatic rings. The molecule has 0 bridgehead atoms. The summed E-state index contributed by atoms with van der Waals surface area (Å²) in [6, 6.07) is 22.3. The van der Waals surface area contributed by atoms with Gasteiger partial charge in [0.2, 0.25) is 0 Å². The summed E-state index contributed by atoms with van der Waals surface area (Å²) in [6.07, 6.45) is 1.72. The van der Waals surface area contributed by atoms with Crippen molar-refractivity contribution in [3.63, 3.8) is 0 Å². The third kappa shape index (κ3) is 3.88. The van der Waals surface area contributed by atoms with Crippen molar-refractivity contribution in [3.8, 4) is 17.2 Å². The Balaban J connectivity index is 1.86. The van der Waals surface area contributed by atoms with Crippen molar-refractivity contribution in [3.05, 3.63) is 89.6 Å². The average Bonchev–Trinajstić information content (AvgIpc) is 3.15. The lowest BCUT2D eigenvalue weighted by Crippen LogP contribution is -2.32. The summed E-state index contributed by atoms with van der Waals surface area (Å²) >= 11 is 0. The predicted molar refractivity (Wildman–Crippen MR) is 121 cm³/mol. The maximum Gasteiger partial charge on any atom is 0.282 e. The predicted octanol–water partition coefficient (Wildman–Crippen LogP) is 4.55. The van der Waals surface area contributed by atoms with Crippen LogP contribution >= 0.6 is 0 Å². The van der Waals surface area contributed by atoms with Gasteiger partial charge in [0.25, 0.3) is 5.91 Å². The van der Waals surface area contributed by atoms with E-state index in [1.165, 1.54) is 0 Å².